The highest BCUT2D eigenvalue weighted by Crippen LogP contribution is 2.53. The molecule has 5 rings (SSSR count). The summed E-state index contributed by atoms with van der Waals surface area (Å²) < 4.78 is 37.8. The predicted molar refractivity (Wildman–Crippen MR) is 91.1 cm³/mol. The van der Waals surface area contributed by atoms with Crippen LogP contribution in [0.25, 0.3) is 0 Å². The van der Waals surface area contributed by atoms with Gasteiger partial charge in [0.1, 0.15) is 0 Å². The molecule has 2 spiro atoms. The third kappa shape index (κ3) is 2.84. The van der Waals surface area contributed by atoms with Gasteiger partial charge in [-0.1, -0.05) is 0 Å². The molecule has 0 bridgehead atoms. The van der Waals surface area contributed by atoms with Crippen LogP contribution in [0.15, 0.2) is 6.07 Å². The minimum absolute atomic E-state index is 0.0317. The molecule has 0 unspecified atom stereocenters. The second-order valence-corrected chi connectivity index (χ2v) is 9.08. The Labute approximate surface area is 159 Å². The number of aromatic nitrogens is 2. The van der Waals surface area contributed by atoms with E-state index in [1.54, 1.807) is 4.90 Å². The number of halogens is 3. The van der Waals surface area contributed by atoms with Crippen LogP contribution in [-0.4, -0.2) is 63.7 Å². The van der Waals surface area contributed by atoms with Crippen molar-refractivity contribution in [2.24, 2.45) is 11.3 Å². The third-order valence-electron chi connectivity index (χ3n) is 6.69. The number of urea groups is 1. The van der Waals surface area contributed by atoms with Crippen molar-refractivity contribution in [1.29, 1.82) is 0 Å². The zero-order chi connectivity index (χ0) is 19.7. The molecule has 28 heavy (non-hydrogen) atoms. The lowest BCUT2D eigenvalue weighted by molar-refractivity contribution is -0.141. The zero-order valence-corrected chi connectivity index (χ0v) is 15.3. The number of H-pyrrole nitrogens is 1. The maximum atomic E-state index is 12.6. The normalized spacial score (nSPS) is 25.5. The number of nitrogens with one attached hydrogen (secondary N) is 2. The number of carbonyl (C=O) groups is 2. The van der Waals surface area contributed by atoms with Gasteiger partial charge in [0, 0.05) is 43.7 Å². The molecule has 3 aliphatic heterocycles. The van der Waals surface area contributed by atoms with Crippen molar-refractivity contribution in [3.8, 4) is 0 Å². The van der Waals surface area contributed by atoms with E-state index in [2.05, 4.69) is 15.5 Å². The van der Waals surface area contributed by atoms with E-state index in [-0.39, 0.29) is 22.9 Å². The lowest BCUT2D eigenvalue weighted by atomic mass is 9.57. The van der Waals surface area contributed by atoms with Gasteiger partial charge in [-0.15, -0.1) is 0 Å². The van der Waals surface area contributed by atoms with Crippen molar-refractivity contribution in [2.45, 2.75) is 43.8 Å². The lowest BCUT2D eigenvalue weighted by Crippen LogP contribution is -2.73. The van der Waals surface area contributed by atoms with Crippen LogP contribution >= 0.6 is 0 Å². The predicted octanol–water partition coefficient (Wildman–Crippen LogP) is 1.77. The fourth-order valence-corrected chi connectivity index (χ4v) is 5.42. The van der Waals surface area contributed by atoms with E-state index in [0.717, 1.165) is 38.4 Å². The molecular formula is C18H22F3N5O2. The maximum Gasteiger partial charge on any atom is 0.435 e. The van der Waals surface area contributed by atoms with Gasteiger partial charge in [0.2, 0.25) is 5.91 Å². The molecule has 10 heteroatoms. The molecule has 4 fully saturated rings. The second kappa shape index (κ2) is 5.64. The number of carbonyl (C=O) groups excluding carboxylic acids is 2. The van der Waals surface area contributed by atoms with Gasteiger partial charge < -0.3 is 15.1 Å². The van der Waals surface area contributed by atoms with E-state index < -0.39 is 11.9 Å². The van der Waals surface area contributed by atoms with Gasteiger partial charge in [-0.3, -0.25) is 9.89 Å². The summed E-state index contributed by atoms with van der Waals surface area (Å²) in [4.78, 5) is 27.6. The molecule has 2 N–H and O–H groups in total. The van der Waals surface area contributed by atoms with Gasteiger partial charge in [-0.25, -0.2) is 4.79 Å². The van der Waals surface area contributed by atoms with Crippen molar-refractivity contribution in [3.05, 3.63) is 17.5 Å². The molecule has 7 nitrogen and oxygen atoms in total. The average Bonchev–Trinajstić information content (AvgIpc) is 3.12. The van der Waals surface area contributed by atoms with Crippen LogP contribution in [0.1, 0.15) is 37.1 Å². The number of hydrogen-bond donors (Lipinski definition) is 2. The molecule has 1 aromatic rings. The van der Waals surface area contributed by atoms with Gasteiger partial charge in [0.05, 0.1) is 5.54 Å². The fourth-order valence-electron chi connectivity index (χ4n) is 5.42. The maximum absolute atomic E-state index is 12.6. The van der Waals surface area contributed by atoms with Crippen LogP contribution in [0.5, 0.6) is 0 Å². The number of amides is 3. The van der Waals surface area contributed by atoms with Crippen LogP contribution < -0.4 is 5.32 Å². The average molecular weight is 397 g/mol. The summed E-state index contributed by atoms with van der Waals surface area (Å²) in [6.45, 7) is 2.61. The van der Waals surface area contributed by atoms with Gasteiger partial charge in [-0.2, -0.15) is 18.3 Å². The van der Waals surface area contributed by atoms with Crippen molar-refractivity contribution in [2.75, 3.05) is 26.2 Å². The zero-order valence-electron chi connectivity index (χ0n) is 15.3. The Morgan fingerprint density at radius 3 is 2.46 bits per heavy atom. The molecule has 3 saturated heterocycles. The van der Waals surface area contributed by atoms with Gasteiger partial charge >= 0.3 is 12.2 Å². The van der Waals surface area contributed by atoms with Gasteiger partial charge in [-0.05, 0) is 37.7 Å². The SMILES string of the molecule is O=C1CCC2(CN(C(=O)N3CC4(CC(Cc5cc(C(F)(F)F)n[nH]5)C4)C3)C2)N1. The first kappa shape index (κ1) is 17.8. The fraction of sp³-hybridized carbons (Fsp3) is 0.722. The summed E-state index contributed by atoms with van der Waals surface area (Å²) in [7, 11) is 0. The minimum atomic E-state index is -4.42. The Balaban J connectivity index is 1.07. The first-order valence-electron chi connectivity index (χ1n) is 9.62. The number of nitrogens with zero attached hydrogens (tertiary/aromatic N) is 3. The van der Waals surface area contributed by atoms with Crippen LogP contribution in [0.2, 0.25) is 0 Å². The van der Waals surface area contributed by atoms with Crippen molar-refractivity contribution in [3.63, 3.8) is 0 Å². The highest BCUT2D eigenvalue weighted by Gasteiger charge is 2.56. The van der Waals surface area contributed by atoms with Crippen LogP contribution in [0, 0.1) is 11.3 Å². The first-order valence-corrected chi connectivity index (χ1v) is 9.62. The van der Waals surface area contributed by atoms with Crippen molar-refractivity contribution in [1.82, 2.24) is 25.3 Å². The van der Waals surface area contributed by atoms with E-state index >= 15 is 0 Å². The van der Waals surface area contributed by atoms with Crippen LogP contribution in [0.3, 0.4) is 0 Å². The quantitative estimate of drug-likeness (QED) is 0.798. The topological polar surface area (TPSA) is 81.3 Å². The number of alkyl halides is 3. The standard InChI is InChI=1S/C18H22F3N5O2/c19-18(20,21)13-4-12(23-24-13)3-11-5-16(6-11)7-25(8-16)15(28)26-9-17(10-26)2-1-14(27)22-17/h4,11H,1-3,5-10H2,(H,22,27)(H,23,24). The second-order valence-electron chi connectivity index (χ2n) is 9.08. The smallest absolute Gasteiger partial charge is 0.347 e. The molecule has 0 atom stereocenters. The third-order valence-corrected chi connectivity index (χ3v) is 6.69. The monoisotopic (exact) mass is 397 g/mol. The number of hydrogen-bond acceptors (Lipinski definition) is 3. The molecule has 4 aliphatic rings. The van der Waals surface area contributed by atoms with Crippen LogP contribution in [-0.2, 0) is 17.4 Å². The molecule has 1 aromatic heterocycles. The Kier molecular flexibility index (Phi) is 3.59. The Hall–Kier alpha value is -2.26. The van der Waals surface area contributed by atoms with Gasteiger partial charge in [0.25, 0.3) is 0 Å². The molecule has 1 saturated carbocycles. The molecule has 0 radical (unpaired) electrons. The lowest BCUT2D eigenvalue weighted by Gasteiger charge is -2.61. The van der Waals surface area contributed by atoms with Gasteiger partial charge in [0.15, 0.2) is 5.69 Å². The summed E-state index contributed by atoms with van der Waals surface area (Å²) in [5, 5.41) is 8.80. The molecule has 152 valence electrons. The van der Waals surface area contributed by atoms with Crippen molar-refractivity contribution < 1.29 is 22.8 Å². The van der Waals surface area contributed by atoms with E-state index in [4.69, 9.17) is 0 Å². The largest absolute Gasteiger partial charge is 0.435 e. The Morgan fingerprint density at radius 1 is 1.21 bits per heavy atom. The summed E-state index contributed by atoms with van der Waals surface area (Å²) in [5.74, 6) is 0.398. The number of likely N-dealkylation sites (tertiary alicyclic amines) is 2. The number of rotatable bonds is 2. The molecule has 3 amide bonds. The Bertz CT molecular complexity index is 815. The summed E-state index contributed by atoms with van der Waals surface area (Å²) in [6.07, 6.45) is -0.662. The summed E-state index contributed by atoms with van der Waals surface area (Å²) >= 11 is 0. The minimum Gasteiger partial charge on any atom is -0.347 e. The van der Waals surface area contributed by atoms with E-state index in [0.29, 0.717) is 37.5 Å². The van der Waals surface area contributed by atoms with E-state index in [1.807, 2.05) is 4.90 Å². The highest BCUT2D eigenvalue weighted by molar-refractivity contribution is 5.82. The van der Waals surface area contributed by atoms with E-state index in [9.17, 15) is 22.8 Å². The van der Waals surface area contributed by atoms with E-state index in [1.165, 1.54) is 0 Å². The number of aromatic amines is 1. The summed E-state index contributed by atoms with van der Waals surface area (Å²) in [5.41, 5.74) is -0.417. The van der Waals surface area contributed by atoms with Crippen molar-refractivity contribution >= 4 is 11.9 Å². The molecule has 1 aliphatic carbocycles. The first-order chi connectivity index (χ1) is 13.2. The Morgan fingerprint density at radius 2 is 1.89 bits per heavy atom. The molecular weight excluding hydrogens is 375 g/mol. The summed E-state index contributed by atoms with van der Waals surface area (Å²) in [6, 6.07) is 1.12. The highest BCUT2D eigenvalue weighted by atomic mass is 19.4. The molecule has 0 aromatic carbocycles. The molecule has 4 heterocycles. The van der Waals surface area contributed by atoms with Crippen LogP contribution in [0.4, 0.5) is 18.0 Å².